The molecule has 0 saturated carbocycles. The summed E-state index contributed by atoms with van der Waals surface area (Å²) >= 11 is 0. The summed E-state index contributed by atoms with van der Waals surface area (Å²) in [5.41, 5.74) is 1.77. The number of fused-ring (bicyclic) bond motifs is 1. The van der Waals surface area contributed by atoms with Gasteiger partial charge in [0.1, 0.15) is 5.60 Å². The van der Waals surface area contributed by atoms with E-state index in [0.717, 1.165) is 5.56 Å². The van der Waals surface area contributed by atoms with E-state index < -0.39 is 33.8 Å². The molecule has 3 aromatic rings. The molecule has 0 aliphatic carbocycles. The smallest absolute Gasteiger partial charge is 0.407 e. The topological polar surface area (TPSA) is 117 Å². The molecule has 1 heterocycles. The molecule has 3 aromatic carbocycles. The van der Waals surface area contributed by atoms with Crippen molar-refractivity contribution < 1.29 is 22.7 Å². The number of nitrogens with zero attached hydrogens (tertiary/aromatic N) is 1. The molecule has 37 heavy (non-hydrogen) atoms. The normalized spacial score (nSPS) is 15.3. The van der Waals surface area contributed by atoms with Gasteiger partial charge in [0.05, 0.1) is 23.2 Å². The number of alkyl carbamates (subject to hydrolysis) is 1. The number of hydrogen-bond donors (Lipinski definition) is 3. The molecule has 9 nitrogen and oxygen atoms in total. The lowest BCUT2D eigenvalue weighted by molar-refractivity contribution is 0.0505. The largest absolute Gasteiger partial charge is 0.444 e. The molecule has 1 aliphatic heterocycles. The van der Waals surface area contributed by atoms with Gasteiger partial charge in [-0.15, -0.1) is 0 Å². The summed E-state index contributed by atoms with van der Waals surface area (Å²) in [4.78, 5) is 24.7. The number of para-hydroxylation sites is 2. The van der Waals surface area contributed by atoms with Crippen LogP contribution in [0.25, 0.3) is 0 Å². The van der Waals surface area contributed by atoms with Crippen LogP contribution in [0.1, 0.15) is 26.3 Å². The number of nitrogens with one attached hydrogen (secondary N) is 3. The highest BCUT2D eigenvalue weighted by Crippen LogP contribution is 2.32. The lowest BCUT2D eigenvalue weighted by atomic mass is 10.00. The predicted molar refractivity (Wildman–Crippen MR) is 143 cm³/mol. The van der Waals surface area contributed by atoms with Crippen LogP contribution in [-0.4, -0.2) is 38.7 Å². The third-order valence-corrected chi connectivity index (χ3v) is 7.36. The zero-order valence-corrected chi connectivity index (χ0v) is 21.7. The summed E-state index contributed by atoms with van der Waals surface area (Å²) in [6.07, 6.45) is -0.126. The number of carbonyl (C=O) groups is 2. The van der Waals surface area contributed by atoms with Crippen molar-refractivity contribution >= 4 is 39.2 Å². The molecule has 0 bridgehead atoms. The Morgan fingerprint density at radius 3 is 2.11 bits per heavy atom. The van der Waals surface area contributed by atoms with Gasteiger partial charge in [0.2, 0.25) is 0 Å². The van der Waals surface area contributed by atoms with Gasteiger partial charge in [-0.25, -0.2) is 18.0 Å². The molecular formula is C27H30N4O5S. The van der Waals surface area contributed by atoms with Gasteiger partial charge in [-0.05, 0) is 75.2 Å². The number of carbonyl (C=O) groups excluding carboxylic acids is 2. The minimum Gasteiger partial charge on any atom is -0.444 e. The Balaban J connectivity index is 1.51. The highest BCUT2D eigenvalue weighted by atomic mass is 32.2. The molecule has 4 rings (SSSR count). The van der Waals surface area contributed by atoms with Crippen LogP contribution in [-0.2, 0) is 21.2 Å². The first-order valence-electron chi connectivity index (χ1n) is 11.8. The monoisotopic (exact) mass is 522 g/mol. The Morgan fingerprint density at radius 1 is 0.865 bits per heavy atom. The molecule has 1 aliphatic rings. The molecule has 3 N–H and O–H groups in total. The summed E-state index contributed by atoms with van der Waals surface area (Å²) < 4.78 is 34.0. The van der Waals surface area contributed by atoms with Crippen LogP contribution in [0.4, 0.5) is 26.7 Å². The Bertz CT molecular complexity index is 1370. The molecule has 0 saturated heterocycles. The van der Waals surface area contributed by atoms with E-state index in [4.69, 9.17) is 4.74 Å². The van der Waals surface area contributed by atoms with Crippen LogP contribution in [0, 0.1) is 0 Å². The van der Waals surface area contributed by atoms with Gasteiger partial charge in [0.15, 0.2) is 0 Å². The number of anilines is 3. The van der Waals surface area contributed by atoms with Crippen molar-refractivity contribution in [3.8, 4) is 0 Å². The zero-order valence-electron chi connectivity index (χ0n) is 20.9. The third-order valence-electron chi connectivity index (χ3n) is 5.57. The first-order valence-corrected chi connectivity index (χ1v) is 13.3. The average molecular weight is 523 g/mol. The second-order valence-electron chi connectivity index (χ2n) is 9.68. The van der Waals surface area contributed by atoms with Gasteiger partial charge in [0.25, 0.3) is 10.0 Å². The first kappa shape index (κ1) is 26.0. The Kier molecular flexibility index (Phi) is 7.40. The van der Waals surface area contributed by atoms with Crippen molar-refractivity contribution in [2.24, 2.45) is 0 Å². The lowest BCUT2D eigenvalue weighted by Crippen LogP contribution is -2.51. The summed E-state index contributed by atoms with van der Waals surface area (Å²) in [5.74, 6) is 0. The standard InChI is InChI=1S/C27H30N4O5S/c1-27(2,3)36-26(33)30-22-17-19-9-7-8-12-24(19)31(18-22)37(34,35)23-15-13-21(14-16-23)29-25(32)28-20-10-5-4-6-11-20/h4-16,22H,17-18H2,1-3H3,(H,30,33)(H2,28,29,32). The van der Waals surface area contributed by atoms with Gasteiger partial charge in [-0.3, -0.25) is 4.31 Å². The first-order chi connectivity index (χ1) is 17.5. The number of benzene rings is 3. The van der Waals surface area contributed by atoms with Crippen LogP contribution < -0.4 is 20.3 Å². The second kappa shape index (κ2) is 10.5. The molecule has 0 fully saturated rings. The number of rotatable bonds is 5. The molecule has 10 heteroatoms. The maximum absolute atomic E-state index is 13.7. The van der Waals surface area contributed by atoms with Gasteiger partial charge in [-0.2, -0.15) is 0 Å². The van der Waals surface area contributed by atoms with Crippen molar-refractivity contribution in [2.75, 3.05) is 21.5 Å². The van der Waals surface area contributed by atoms with E-state index in [1.165, 1.54) is 28.6 Å². The van der Waals surface area contributed by atoms with E-state index >= 15 is 0 Å². The molecule has 1 unspecified atom stereocenters. The zero-order chi connectivity index (χ0) is 26.6. The van der Waals surface area contributed by atoms with Crippen LogP contribution in [0.15, 0.2) is 83.8 Å². The van der Waals surface area contributed by atoms with Crippen molar-refractivity contribution in [2.45, 2.75) is 43.7 Å². The lowest BCUT2D eigenvalue weighted by Gasteiger charge is -2.35. The quantitative estimate of drug-likeness (QED) is 0.437. The van der Waals surface area contributed by atoms with E-state index in [1.807, 2.05) is 30.3 Å². The van der Waals surface area contributed by atoms with Crippen LogP contribution in [0.5, 0.6) is 0 Å². The second-order valence-corrected chi connectivity index (χ2v) is 11.5. The molecule has 0 spiro atoms. The summed E-state index contributed by atoms with van der Waals surface area (Å²) in [7, 11) is -3.96. The van der Waals surface area contributed by atoms with Gasteiger partial charge in [0, 0.05) is 11.4 Å². The van der Waals surface area contributed by atoms with Gasteiger partial charge < -0.3 is 20.7 Å². The number of sulfonamides is 1. The third kappa shape index (κ3) is 6.59. The molecule has 3 amide bonds. The fourth-order valence-electron chi connectivity index (χ4n) is 4.01. The number of amides is 3. The summed E-state index contributed by atoms with van der Waals surface area (Å²) in [6, 6.07) is 21.2. The minimum atomic E-state index is -3.96. The van der Waals surface area contributed by atoms with Crippen LogP contribution in [0.2, 0.25) is 0 Å². The Morgan fingerprint density at radius 2 is 1.46 bits per heavy atom. The summed E-state index contributed by atoms with van der Waals surface area (Å²) in [6.45, 7) is 5.36. The molecule has 0 radical (unpaired) electrons. The fraction of sp³-hybridized carbons (Fsp3) is 0.259. The number of ether oxygens (including phenoxy) is 1. The SMILES string of the molecule is CC(C)(C)OC(=O)NC1Cc2ccccc2N(S(=O)(=O)c2ccc(NC(=O)Nc3ccccc3)cc2)C1. The highest BCUT2D eigenvalue weighted by Gasteiger charge is 2.34. The van der Waals surface area contributed by atoms with Crippen LogP contribution in [0.3, 0.4) is 0 Å². The van der Waals surface area contributed by atoms with Crippen molar-refractivity contribution in [3.63, 3.8) is 0 Å². The van der Waals surface area contributed by atoms with Crippen molar-refractivity contribution in [1.29, 1.82) is 0 Å². The summed E-state index contributed by atoms with van der Waals surface area (Å²) in [5, 5.41) is 8.20. The Hall–Kier alpha value is -4.05. The average Bonchev–Trinajstić information content (AvgIpc) is 2.83. The maximum Gasteiger partial charge on any atom is 0.407 e. The van der Waals surface area contributed by atoms with E-state index in [1.54, 1.807) is 45.0 Å². The highest BCUT2D eigenvalue weighted by molar-refractivity contribution is 7.92. The van der Waals surface area contributed by atoms with Gasteiger partial charge in [-0.1, -0.05) is 36.4 Å². The number of hydrogen-bond acceptors (Lipinski definition) is 5. The van der Waals surface area contributed by atoms with Gasteiger partial charge >= 0.3 is 12.1 Å². The van der Waals surface area contributed by atoms with E-state index in [-0.39, 0.29) is 11.4 Å². The number of urea groups is 1. The van der Waals surface area contributed by atoms with Crippen molar-refractivity contribution in [1.82, 2.24) is 5.32 Å². The fourth-order valence-corrected chi connectivity index (χ4v) is 5.55. The molecule has 0 aromatic heterocycles. The minimum absolute atomic E-state index is 0.0536. The maximum atomic E-state index is 13.7. The Labute approximate surface area is 216 Å². The predicted octanol–water partition coefficient (Wildman–Crippen LogP) is 4.98. The van der Waals surface area contributed by atoms with E-state index in [9.17, 15) is 18.0 Å². The molecule has 1 atom stereocenters. The van der Waals surface area contributed by atoms with E-state index in [2.05, 4.69) is 16.0 Å². The van der Waals surface area contributed by atoms with Crippen molar-refractivity contribution in [3.05, 3.63) is 84.4 Å². The van der Waals surface area contributed by atoms with E-state index in [0.29, 0.717) is 23.5 Å². The molecule has 194 valence electrons. The molecular weight excluding hydrogens is 492 g/mol. The van der Waals surface area contributed by atoms with Crippen LogP contribution >= 0.6 is 0 Å².